The van der Waals surface area contributed by atoms with E-state index in [1.165, 1.54) is 33.8 Å². The number of amides is 1. The van der Waals surface area contributed by atoms with Crippen molar-refractivity contribution in [3.8, 4) is 22.8 Å². The van der Waals surface area contributed by atoms with Crippen LogP contribution in [0.4, 0.5) is 10.1 Å². The third-order valence-corrected chi connectivity index (χ3v) is 5.07. The van der Waals surface area contributed by atoms with E-state index in [0.29, 0.717) is 33.7 Å². The molecule has 0 unspecified atom stereocenters. The second-order valence-electron chi connectivity index (χ2n) is 7.04. The number of aromatic nitrogens is 6. The zero-order chi connectivity index (χ0) is 22.9. The number of halogens is 2. The van der Waals surface area contributed by atoms with Crippen LogP contribution in [-0.2, 0) is 0 Å². The molecular formula is C22H15ClFN7O2. The molecule has 164 valence electrons. The van der Waals surface area contributed by atoms with Gasteiger partial charge in [-0.3, -0.25) is 4.79 Å². The number of carbonyl (C=O) groups is 1. The van der Waals surface area contributed by atoms with Gasteiger partial charge in [0.15, 0.2) is 17.3 Å². The van der Waals surface area contributed by atoms with Crippen molar-refractivity contribution in [1.29, 1.82) is 0 Å². The minimum atomic E-state index is -0.613. The van der Waals surface area contributed by atoms with E-state index in [1.807, 2.05) is 0 Å². The Morgan fingerprint density at radius 3 is 2.64 bits per heavy atom. The molecule has 3 aromatic heterocycles. The maximum absolute atomic E-state index is 14.5. The van der Waals surface area contributed by atoms with Crippen LogP contribution in [-0.4, -0.2) is 35.9 Å². The summed E-state index contributed by atoms with van der Waals surface area (Å²) in [6.45, 7) is 1.71. The Labute approximate surface area is 191 Å². The molecule has 0 saturated carbocycles. The maximum Gasteiger partial charge on any atom is 0.276 e. The molecule has 9 nitrogen and oxygen atoms in total. The van der Waals surface area contributed by atoms with Gasteiger partial charge < -0.3 is 9.73 Å². The van der Waals surface area contributed by atoms with Crippen LogP contribution in [0.5, 0.6) is 0 Å². The number of tetrazole rings is 1. The quantitative estimate of drug-likeness (QED) is 0.412. The lowest BCUT2D eigenvalue weighted by Crippen LogP contribution is -2.15. The lowest BCUT2D eigenvalue weighted by molar-refractivity contribution is 0.102. The van der Waals surface area contributed by atoms with E-state index in [4.69, 9.17) is 16.0 Å². The average Bonchev–Trinajstić information content (AvgIpc) is 3.55. The lowest BCUT2D eigenvalue weighted by atomic mass is 10.2. The molecule has 33 heavy (non-hydrogen) atoms. The minimum Gasteiger partial charge on any atom is -0.463 e. The lowest BCUT2D eigenvalue weighted by Gasteiger charge is -2.08. The average molecular weight is 464 g/mol. The Bertz CT molecular complexity index is 1460. The molecule has 0 bridgehead atoms. The Balaban J connectivity index is 1.51. The Morgan fingerprint density at radius 2 is 1.91 bits per heavy atom. The number of furan rings is 1. The maximum atomic E-state index is 14.5. The number of nitrogens with one attached hydrogen (secondary N) is 1. The molecule has 0 aliphatic rings. The molecule has 1 N–H and O–H groups in total. The monoisotopic (exact) mass is 463 g/mol. The molecule has 0 atom stereocenters. The summed E-state index contributed by atoms with van der Waals surface area (Å²) < 4.78 is 22.9. The van der Waals surface area contributed by atoms with E-state index in [9.17, 15) is 9.18 Å². The van der Waals surface area contributed by atoms with Gasteiger partial charge in [0.2, 0.25) is 0 Å². The fourth-order valence-electron chi connectivity index (χ4n) is 3.29. The predicted molar refractivity (Wildman–Crippen MR) is 118 cm³/mol. The molecule has 5 aromatic rings. The van der Waals surface area contributed by atoms with Gasteiger partial charge in [-0.15, -0.1) is 5.10 Å². The first-order chi connectivity index (χ1) is 16.0. The van der Waals surface area contributed by atoms with Crippen LogP contribution in [0.25, 0.3) is 22.8 Å². The van der Waals surface area contributed by atoms with Crippen molar-refractivity contribution >= 4 is 23.2 Å². The van der Waals surface area contributed by atoms with Gasteiger partial charge in [0.05, 0.1) is 23.3 Å². The summed E-state index contributed by atoms with van der Waals surface area (Å²) in [7, 11) is 0. The zero-order valence-electron chi connectivity index (χ0n) is 17.1. The Hall–Kier alpha value is -4.31. The highest BCUT2D eigenvalue weighted by molar-refractivity contribution is 6.30. The van der Waals surface area contributed by atoms with Gasteiger partial charge in [-0.1, -0.05) is 17.7 Å². The van der Waals surface area contributed by atoms with Crippen molar-refractivity contribution < 1.29 is 13.6 Å². The van der Waals surface area contributed by atoms with Gasteiger partial charge >= 0.3 is 0 Å². The molecule has 0 fully saturated rings. The van der Waals surface area contributed by atoms with Crippen LogP contribution in [0.1, 0.15) is 16.3 Å². The number of anilines is 1. The highest BCUT2D eigenvalue weighted by Crippen LogP contribution is 2.27. The van der Waals surface area contributed by atoms with Crippen molar-refractivity contribution in [2.45, 2.75) is 6.92 Å². The zero-order valence-corrected chi connectivity index (χ0v) is 17.9. The first-order valence-corrected chi connectivity index (χ1v) is 10.1. The van der Waals surface area contributed by atoms with Crippen LogP contribution < -0.4 is 5.32 Å². The largest absolute Gasteiger partial charge is 0.463 e. The Morgan fingerprint density at radius 1 is 1.06 bits per heavy atom. The van der Waals surface area contributed by atoms with Crippen molar-refractivity contribution in [3.63, 3.8) is 0 Å². The number of rotatable bonds is 5. The molecular weight excluding hydrogens is 449 g/mol. The molecule has 11 heteroatoms. The van der Waals surface area contributed by atoms with Gasteiger partial charge in [-0.2, -0.15) is 9.78 Å². The number of benzene rings is 2. The molecule has 0 spiro atoms. The SMILES string of the molecule is Cc1nnnn1-c1ccc(F)c(NC(=O)c2cc(-c3ccco3)n(-c3cccc(Cl)c3)n2)c1. The molecule has 1 amide bonds. The number of hydrogen-bond donors (Lipinski definition) is 1. The number of aryl methyl sites for hydroxylation is 1. The minimum absolute atomic E-state index is 0.0377. The molecule has 0 saturated heterocycles. The van der Waals surface area contributed by atoms with Crippen molar-refractivity contribution in [2.75, 3.05) is 5.32 Å². The number of hydrogen-bond acceptors (Lipinski definition) is 6. The van der Waals surface area contributed by atoms with E-state index in [2.05, 4.69) is 25.9 Å². The van der Waals surface area contributed by atoms with E-state index in [0.717, 1.165) is 0 Å². The summed E-state index contributed by atoms with van der Waals surface area (Å²) in [6.07, 6.45) is 1.52. The van der Waals surface area contributed by atoms with Crippen molar-refractivity contribution in [2.24, 2.45) is 0 Å². The Kier molecular flexibility index (Phi) is 5.19. The second-order valence-corrected chi connectivity index (χ2v) is 7.48. The molecule has 2 aromatic carbocycles. The molecule has 0 aliphatic heterocycles. The molecule has 5 rings (SSSR count). The molecule has 0 radical (unpaired) electrons. The van der Waals surface area contributed by atoms with Crippen LogP contribution in [0.2, 0.25) is 5.02 Å². The third kappa shape index (κ3) is 3.99. The highest BCUT2D eigenvalue weighted by Gasteiger charge is 2.20. The van der Waals surface area contributed by atoms with Crippen LogP contribution in [0.15, 0.2) is 71.3 Å². The first-order valence-electron chi connectivity index (χ1n) is 9.76. The first kappa shape index (κ1) is 20.6. The normalized spacial score (nSPS) is 11.0. The predicted octanol–water partition coefficient (Wildman–Crippen LogP) is 4.46. The smallest absolute Gasteiger partial charge is 0.276 e. The van der Waals surface area contributed by atoms with Crippen molar-refractivity contribution in [1.82, 2.24) is 30.0 Å². The summed E-state index contributed by atoms with van der Waals surface area (Å²) in [6, 6.07) is 16.2. The summed E-state index contributed by atoms with van der Waals surface area (Å²) in [5.74, 6) is -0.197. The summed E-state index contributed by atoms with van der Waals surface area (Å²) in [5.41, 5.74) is 1.69. The van der Waals surface area contributed by atoms with Crippen LogP contribution in [0.3, 0.4) is 0 Å². The summed E-state index contributed by atoms with van der Waals surface area (Å²) in [5, 5.41) is 18.8. The number of nitrogens with zero attached hydrogens (tertiary/aromatic N) is 6. The van der Waals surface area contributed by atoms with Gasteiger partial charge in [0.25, 0.3) is 5.91 Å². The topological polar surface area (TPSA) is 104 Å². The summed E-state index contributed by atoms with van der Waals surface area (Å²) >= 11 is 6.13. The second kappa shape index (κ2) is 8.32. The van der Waals surface area contributed by atoms with Gasteiger partial charge in [-0.05, 0) is 65.9 Å². The van der Waals surface area contributed by atoms with Crippen LogP contribution in [0, 0.1) is 12.7 Å². The third-order valence-electron chi connectivity index (χ3n) is 4.84. The van der Waals surface area contributed by atoms with E-state index in [-0.39, 0.29) is 11.4 Å². The fraction of sp³-hybridized carbons (Fsp3) is 0.0455. The molecule has 3 heterocycles. The van der Waals surface area contributed by atoms with Crippen LogP contribution >= 0.6 is 11.6 Å². The standard InChI is InChI=1S/C22H15ClFN7O2/c1-13-26-28-29-30(13)16-7-8-17(24)18(11-16)25-22(32)19-12-20(21-6-3-9-33-21)31(27-19)15-5-2-4-14(23)10-15/h2-12H,1H3,(H,25,32). The number of carbonyl (C=O) groups excluding carboxylic acids is 1. The van der Waals surface area contributed by atoms with Gasteiger partial charge in [0.1, 0.15) is 11.5 Å². The van der Waals surface area contributed by atoms with Gasteiger partial charge in [-0.25, -0.2) is 9.07 Å². The van der Waals surface area contributed by atoms with E-state index >= 15 is 0 Å². The van der Waals surface area contributed by atoms with E-state index < -0.39 is 11.7 Å². The van der Waals surface area contributed by atoms with Gasteiger partial charge in [0, 0.05) is 11.1 Å². The van der Waals surface area contributed by atoms with E-state index in [1.54, 1.807) is 49.4 Å². The fourth-order valence-corrected chi connectivity index (χ4v) is 3.48. The molecule has 0 aliphatic carbocycles. The highest BCUT2D eigenvalue weighted by atomic mass is 35.5. The van der Waals surface area contributed by atoms with Crippen molar-refractivity contribution in [3.05, 3.63) is 89.3 Å². The summed E-state index contributed by atoms with van der Waals surface area (Å²) in [4.78, 5) is 13.0.